The van der Waals surface area contributed by atoms with E-state index in [0.29, 0.717) is 24.2 Å². The van der Waals surface area contributed by atoms with Gasteiger partial charge in [-0.15, -0.1) is 0 Å². The number of carbonyl (C=O) groups excluding carboxylic acids is 6. The summed E-state index contributed by atoms with van der Waals surface area (Å²) in [5, 5.41) is 31.0. The summed E-state index contributed by atoms with van der Waals surface area (Å²) in [6, 6.07) is 9.08. The smallest absolute Gasteiger partial charge is 0.373 e. The van der Waals surface area contributed by atoms with Gasteiger partial charge in [0, 0.05) is 42.9 Å². The van der Waals surface area contributed by atoms with Crippen molar-refractivity contribution in [1.29, 1.82) is 0 Å². The molecule has 16 heteroatoms. The van der Waals surface area contributed by atoms with Crippen LogP contribution in [-0.4, -0.2) is 70.4 Å². The zero-order valence-electron chi connectivity index (χ0n) is 22.4. The van der Waals surface area contributed by atoms with Crippen molar-refractivity contribution in [3.63, 3.8) is 0 Å². The molecule has 0 heterocycles. The van der Waals surface area contributed by atoms with Crippen LogP contribution in [0.5, 0.6) is 0 Å². The average molecular weight is 591 g/mol. The standard InChI is InChI=1S/C12H14N2O5.C12H16N2O3.2CO2/c13-7-3-4-8(9(6-7)12(18)19)11(17)14-5-1-2-10(15)16;1-8-4-5-9(13)7-10(8)12(17)14-6-2-3-11(15)16;2*2-1-3/h3-4,6H,1-2,5,13H2,(H,14,17)(H,15,16)(H,18,19);4-5,7H,2-3,6,13H2,1H3,(H,14,17)(H,15,16);;. The van der Waals surface area contributed by atoms with Crippen LogP contribution in [0, 0.1) is 6.92 Å². The Kier molecular flexibility index (Phi) is 20.1. The number of anilines is 2. The summed E-state index contributed by atoms with van der Waals surface area (Å²) in [5.74, 6) is -3.85. The first-order chi connectivity index (χ1) is 19.7. The molecule has 2 rings (SSSR count). The number of carboxylic acid groups (broad SMARTS) is 3. The van der Waals surface area contributed by atoms with Gasteiger partial charge < -0.3 is 37.4 Å². The number of carboxylic acids is 3. The fourth-order valence-electron chi connectivity index (χ4n) is 2.89. The Labute approximate surface area is 238 Å². The highest BCUT2D eigenvalue weighted by atomic mass is 16.4. The molecular formula is C26H30N4O12. The van der Waals surface area contributed by atoms with E-state index in [2.05, 4.69) is 10.6 Å². The summed E-state index contributed by atoms with van der Waals surface area (Å²) in [4.78, 5) is 87.6. The van der Waals surface area contributed by atoms with Crippen LogP contribution in [0.1, 0.15) is 62.3 Å². The number of aryl methyl sites for hydroxylation is 1. The second-order valence-electron chi connectivity index (χ2n) is 7.86. The fourth-order valence-corrected chi connectivity index (χ4v) is 2.89. The number of nitrogens with one attached hydrogen (secondary N) is 2. The fraction of sp³-hybridized carbons (Fsp3) is 0.269. The molecule has 0 radical (unpaired) electrons. The van der Waals surface area contributed by atoms with E-state index in [1.807, 2.05) is 6.92 Å². The van der Waals surface area contributed by atoms with Crippen molar-refractivity contribution in [2.75, 3.05) is 24.6 Å². The van der Waals surface area contributed by atoms with Crippen LogP contribution in [0.4, 0.5) is 11.4 Å². The lowest BCUT2D eigenvalue weighted by atomic mass is 10.1. The van der Waals surface area contributed by atoms with Crippen molar-refractivity contribution >= 4 is 53.4 Å². The van der Waals surface area contributed by atoms with Gasteiger partial charge in [0.1, 0.15) is 0 Å². The van der Waals surface area contributed by atoms with Gasteiger partial charge in [-0.1, -0.05) is 6.07 Å². The number of hydrogen-bond acceptors (Lipinski definition) is 11. The van der Waals surface area contributed by atoms with Crippen molar-refractivity contribution < 1.29 is 58.5 Å². The first kappa shape index (κ1) is 38.3. The Morgan fingerprint density at radius 2 is 1.05 bits per heavy atom. The van der Waals surface area contributed by atoms with Gasteiger partial charge in [0.2, 0.25) is 0 Å². The quantitative estimate of drug-likeness (QED) is 0.139. The number of benzene rings is 2. The van der Waals surface area contributed by atoms with Crippen LogP contribution in [0.3, 0.4) is 0 Å². The van der Waals surface area contributed by atoms with Crippen LogP contribution < -0.4 is 22.1 Å². The highest BCUT2D eigenvalue weighted by Crippen LogP contribution is 2.14. The summed E-state index contributed by atoms with van der Waals surface area (Å²) in [7, 11) is 0. The molecule has 0 aliphatic carbocycles. The minimum Gasteiger partial charge on any atom is -0.481 e. The molecule has 2 amide bonds. The summed E-state index contributed by atoms with van der Waals surface area (Å²) >= 11 is 0. The molecule has 2 aromatic carbocycles. The van der Waals surface area contributed by atoms with Crippen molar-refractivity contribution in [1.82, 2.24) is 10.6 Å². The molecule has 0 saturated heterocycles. The van der Waals surface area contributed by atoms with E-state index >= 15 is 0 Å². The van der Waals surface area contributed by atoms with Gasteiger partial charge in [-0.25, -0.2) is 4.79 Å². The van der Waals surface area contributed by atoms with Crippen LogP contribution in [0.2, 0.25) is 0 Å². The Hall–Kier alpha value is -5.85. The van der Waals surface area contributed by atoms with Gasteiger partial charge in [0.05, 0.1) is 11.1 Å². The van der Waals surface area contributed by atoms with Crippen molar-refractivity contribution in [2.24, 2.45) is 0 Å². The summed E-state index contributed by atoms with van der Waals surface area (Å²) in [6.45, 7) is 2.33. The van der Waals surface area contributed by atoms with E-state index < -0.39 is 23.8 Å². The first-order valence-electron chi connectivity index (χ1n) is 11.7. The topological polar surface area (TPSA) is 290 Å². The van der Waals surface area contributed by atoms with E-state index in [9.17, 15) is 24.0 Å². The number of nitrogen functional groups attached to an aromatic ring is 2. The third kappa shape index (κ3) is 17.6. The van der Waals surface area contributed by atoms with Crippen molar-refractivity contribution in [2.45, 2.75) is 32.6 Å². The largest absolute Gasteiger partial charge is 0.481 e. The third-order valence-corrected chi connectivity index (χ3v) is 4.73. The van der Waals surface area contributed by atoms with Gasteiger partial charge in [0.25, 0.3) is 11.8 Å². The van der Waals surface area contributed by atoms with Gasteiger partial charge in [-0.2, -0.15) is 19.2 Å². The lowest BCUT2D eigenvalue weighted by molar-refractivity contribution is -0.193. The van der Waals surface area contributed by atoms with E-state index in [1.165, 1.54) is 18.2 Å². The zero-order chi connectivity index (χ0) is 32.7. The average Bonchev–Trinajstić information content (AvgIpc) is 2.91. The Morgan fingerprint density at radius 3 is 1.45 bits per heavy atom. The maximum atomic E-state index is 11.8. The summed E-state index contributed by atoms with van der Waals surface area (Å²) in [6.07, 6.45) is 1.19. The maximum Gasteiger partial charge on any atom is 0.373 e. The van der Waals surface area contributed by atoms with Gasteiger partial charge in [-0.3, -0.25) is 19.2 Å². The number of carbonyl (C=O) groups is 5. The third-order valence-electron chi connectivity index (χ3n) is 4.73. The predicted octanol–water partition coefficient (Wildman–Crippen LogP) is 0.566. The minimum absolute atomic E-state index is 0.00275. The molecule has 226 valence electrons. The molecule has 0 unspecified atom stereocenters. The second-order valence-corrected chi connectivity index (χ2v) is 7.86. The van der Waals surface area contributed by atoms with Gasteiger partial charge >= 0.3 is 30.2 Å². The molecule has 16 nitrogen and oxygen atoms in total. The minimum atomic E-state index is -1.25. The molecule has 0 spiro atoms. The van der Waals surface area contributed by atoms with Crippen LogP contribution >= 0.6 is 0 Å². The number of aromatic carboxylic acids is 1. The lowest BCUT2D eigenvalue weighted by Gasteiger charge is -2.08. The lowest BCUT2D eigenvalue weighted by Crippen LogP contribution is -2.26. The van der Waals surface area contributed by atoms with E-state index in [-0.39, 0.29) is 60.8 Å². The monoisotopic (exact) mass is 590 g/mol. The summed E-state index contributed by atoms with van der Waals surface area (Å²) < 4.78 is 0. The van der Waals surface area contributed by atoms with Gasteiger partial charge in [-0.05, 0) is 55.7 Å². The number of rotatable bonds is 11. The van der Waals surface area contributed by atoms with E-state index in [0.717, 1.165) is 5.56 Å². The van der Waals surface area contributed by atoms with Crippen LogP contribution in [0.25, 0.3) is 0 Å². The van der Waals surface area contributed by atoms with Crippen molar-refractivity contribution in [3.05, 3.63) is 58.7 Å². The Morgan fingerprint density at radius 1 is 0.667 bits per heavy atom. The molecule has 42 heavy (non-hydrogen) atoms. The number of aliphatic carboxylic acids is 2. The maximum absolute atomic E-state index is 11.8. The normalized spacial score (nSPS) is 8.88. The molecule has 0 aromatic heterocycles. The van der Waals surface area contributed by atoms with E-state index in [1.54, 1.807) is 18.2 Å². The molecule has 0 saturated carbocycles. The van der Waals surface area contributed by atoms with Crippen LogP contribution in [0.15, 0.2) is 36.4 Å². The molecule has 0 fully saturated rings. The molecular weight excluding hydrogens is 560 g/mol. The zero-order valence-corrected chi connectivity index (χ0v) is 22.4. The molecule has 0 aliphatic heterocycles. The molecule has 0 aliphatic rings. The number of nitrogens with two attached hydrogens (primary N) is 2. The highest BCUT2D eigenvalue weighted by Gasteiger charge is 2.16. The molecule has 2 aromatic rings. The second kappa shape index (κ2) is 22.0. The Balaban J connectivity index is 0. The molecule has 9 N–H and O–H groups in total. The highest BCUT2D eigenvalue weighted by molar-refractivity contribution is 6.05. The van der Waals surface area contributed by atoms with Gasteiger partial charge in [0.15, 0.2) is 0 Å². The predicted molar refractivity (Wildman–Crippen MR) is 142 cm³/mol. The first-order valence-corrected chi connectivity index (χ1v) is 11.7. The summed E-state index contributed by atoms with van der Waals surface area (Å²) in [5.41, 5.74) is 13.0. The number of hydrogen-bond donors (Lipinski definition) is 7. The molecule has 0 bridgehead atoms. The van der Waals surface area contributed by atoms with Crippen LogP contribution in [-0.2, 0) is 28.8 Å². The molecule has 0 atom stereocenters. The Bertz CT molecular complexity index is 1290. The van der Waals surface area contributed by atoms with E-state index in [4.69, 9.17) is 46.0 Å². The van der Waals surface area contributed by atoms with Crippen molar-refractivity contribution in [3.8, 4) is 0 Å². The number of amides is 2. The SMILES string of the molecule is Cc1ccc(N)cc1C(=O)NCCCC(=O)O.Nc1ccc(C(=O)NCCCC(=O)O)c(C(=O)O)c1.O=C=O.O=C=O.